The first-order valence-electron chi connectivity index (χ1n) is 0.898. The normalized spacial score (nSPS) is 9.14. The van der Waals surface area contributed by atoms with Crippen molar-refractivity contribution in [1.29, 1.82) is 0 Å². The Morgan fingerprint density at radius 1 is 1.29 bits per heavy atom. The maximum Gasteiger partial charge on any atom is 0.263 e. The quantitative estimate of drug-likeness (QED) is 0.278. The molecular formula is H4O5S2. The van der Waals surface area contributed by atoms with E-state index in [1.165, 1.54) is 0 Å². The zero-order valence-electron chi connectivity index (χ0n) is 3.01. The smallest absolute Gasteiger partial charge is 0.263 e. The van der Waals surface area contributed by atoms with Crippen LogP contribution in [0.3, 0.4) is 0 Å². The molecule has 0 aromatic rings. The highest BCUT2D eigenvalue weighted by Gasteiger charge is 1.78. The molecule has 0 aromatic heterocycles. The highest BCUT2D eigenvalue weighted by atomic mass is 32.9. The summed E-state index contributed by atoms with van der Waals surface area (Å²) in [5.41, 5.74) is 0. The molecule has 0 aliphatic carbocycles. The molecule has 0 saturated heterocycles. The standard InChI is InChI=1S/H2O3S2.H2O2/c1-5(2,3)4;1-2/h(H2,1,2,3,4);1-2H. The lowest BCUT2D eigenvalue weighted by atomic mass is 15.0. The molecule has 0 bridgehead atoms. The van der Waals surface area contributed by atoms with E-state index < -0.39 is 9.05 Å². The fourth-order valence-electron chi connectivity index (χ4n) is 0. The lowest BCUT2D eigenvalue weighted by Gasteiger charge is -1.73. The van der Waals surface area contributed by atoms with Crippen LogP contribution in [0.4, 0.5) is 0 Å². The van der Waals surface area contributed by atoms with Crippen LogP contribution in [0.25, 0.3) is 0 Å². The van der Waals surface area contributed by atoms with Gasteiger partial charge in [-0.05, 0) is 0 Å². The van der Waals surface area contributed by atoms with E-state index in [1.54, 1.807) is 0 Å². The molecule has 0 rings (SSSR count). The molecule has 0 fully saturated rings. The van der Waals surface area contributed by atoms with Crippen molar-refractivity contribution in [3.05, 3.63) is 0 Å². The minimum Gasteiger partial charge on any atom is -0.285 e. The molecule has 7 heavy (non-hydrogen) atoms. The largest absolute Gasteiger partial charge is 0.285 e. The van der Waals surface area contributed by atoms with E-state index in [1.807, 2.05) is 0 Å². The maximum atomic E-state index is 9.11. The maximum absolute atomic E-state index is 9.11. The van der Waals surface area contributed by atoms with Crippen LogP contribution < -0.4 is 0 Å². The third kappa shape index (κ3) is 2500. The molecule has 7 heteroatoms. The van der Waals surface area contributed by atoms with Gasteiger partial charge in [-0.25, -0.2) is 0 Å². The van der Waals surface area contributed by atoms with Crippen molar-refractivity contribution in [2.75, 3.05) is 0 Å². The van der Waals surface area contributed by atoms with Gasteiger partial charge in [0.05, 0.1) is 0 Å². The monoisotopic (exact) mass is 148 g/mol. The number of hydrogen-bond acceptors (Lipinski definition) is 4. The Morgan fingerprint density at radius 2 is 1.29 bits per heavy atom. The Morgan fingerprint density at radius 3 is 1.29 bits per heavy atom. The fraction of sp³-hybridized carbons (Fsp3) is 0. The van der Waals surface area contributed by atoms with Gasteiger partial charge in [0.15, 0.2) is 0 Å². The third-order valence-corrected chi connectivity index (χ3v) is 0. The van der Waals surface area contributed by atoms with Gasteiger partial charge in [-0.15, -0.1) is 0 Å². The Bertz CT molecular complexity index is 89.2. The van der Waals surface area contributed by atoms with Crippen molar-refractivity contribution in [3.63, 3.8) is 0 Å². The van der Waals surface area contributed by atoms with Gasteiger partial charge < -0.3 is 0 Å². The van der Waals surface area contributed by atoms with E-state index in [4.69, 9.17) is 23.8 Å². The first-order valence-corrected chi connectivity index (χ1v) is 3.30. The lowest BCUT2D eigenvalue weighted by molar-refractivity contribution is -0.176. The zero-order valence-corrected chi connectivity index (χ0v) is 4.65. The average Bonchev–Trinajstić information content (AvgIpc) is 1.36. The molecule has 5 nitrogen and oxygen atoms in total. The fourth-order valence-corrected chi connectivity index (χ4v) is 0. The Labute approximate surface area is 44.9 Å². The summed E-state index contributed by atoms with van der Waals surface area (Å²) < 4.78 is 24.0. The summed E-state index contributed by atoms with van der Waals surface area (Å²) in [5, 5.41) is 12.0. The summed E-state index contributed by atoms with van der Waals surface area (Å²) in [6.07, 6.45) is 0. The Kier molecular flexibility index (Phi) is 6.40. The first kappa shape index (κ1) is 10.2. The summed E-state index contributed by atoms with van der Waals surface area (Å²) in [6.45, 7) is 0. The van der Waals surface area contributed by atoms with Crippen molar-refractivity contribution >= 4 is 20.2 Å². The van der Waals surface area contributed by atoms with E-state index in [2.05, 4.69) is 11.2 Å². The summed E-state index contributed by atoms with van der Waals surface area (Å²) in [7, 11) is -3.83. The van der Waals surface area contributed by atoms with Gasteiger partial charge in [0.2, 0.25) is 0 Å². The van der Waals surface area contributed by atoms with Gasteiger partial charge in [-0.1, -0.05) is 0 Å². The molecule has 0 aromatic carbocycles. The molecule has 0 atom stereocenters. The molecule has 0 heterocycles. The second-order valence-electron chi connectivity index (χ2n) is 0.448. The molecule has 46 valence electrons. The van der Waals surface area contributed by atoms with Crippen LogP contribution in [0.1, 0.15) is 0 Å². The summed E-state index contributed by atoms with van der Waals surface area (Å²) >= 11 is 3.47. The summed E-state index contributed by atoms with van der Waals surface area (Å²) in [4.78, 5) is 0. The topological polar surface area (TPSA) is 98.0 Å². The lowest BCUT2D eigenvalue weighted by Crippen LogP contribution is -1.86. The van der Waals surface area contributed by atoms with Gasteiger partial charge in [-0.3, -0.25) is 19.6 Å². The molecule has 0 saturated carbocycles. The molecule has 0 unspecified atom stereocenters. The van der Waals surface area contributed by atoms with Crippen LogP contribution in [0.2, 0.25) is 0 Å². The number of rotatable bonds is 0. The van der Waals surface area contributed by atoms with Crippen molar-refractivity contribution < 1.29 is 23.8 Å². The van der Waals surface area contributed by atoms with E-state index >= 15 is 0 Å². The van der Waals surface area contributed by atoms with Crippen molar-refractivity contribution in [3.8, 4) is 0 Å². The van der Waals surface area contributed by atoms with Crippen LogP contribution in [-0.2, 0) is 20.2 Å². The van der Waals surface area contributed by atoms with Gasteiger partial charge in [0, 0.05) is 11.2 Å². The third-order valence-electron chi connectivity index (χ3n) is 0. The highest BCUT2D eigenvalue weighted by molar-refractivity contribution is 8.26. The molecule has 4 N–H and O–H groups in total. The zero-order chi connectivity index (χ0) is 6.50. The van der Waals surface area contributed by atoms with Gasteiger partial charge in [0.1, 0.15) is 0 Å². The Hall–Kier alpha value is 0.210. The average molecular weight is 148 g/mol. The van der Waals surface area contributed by atoms with Crippen LogP contribution in [0, 0.1) is 0 Å². The minimum atomic E-state index is -3.83. The minimum absolute atomic E-state index is 3.47. The van der Waals surface area contributed by atoms with Gasteiger partial charge in [0.25, 0.3) is 9.05 Å². The highest BCUT2D eigenvalue weighted by Crippen LogP contribution is 1.62. The van der Waals surface area contributed by atoms with Gasteiger partial charge >= 0.3 is 0 Å². The van der Waals surface area contributed by atoms with Crippen molar-refractivity contribution in [2.24, 2.45) is 0 Å². The van der Waals surface area contributed by atoms with Crippen LogP contribution in [0.5, 0.6) is 0 Å². The Balaban J connectivity index is 0. The summed E-state index contributed by atoms with van der Waals surface area (Å²) in [6, 6.07) is 0. The predicted octanol–water partition coefficient (Wildman–Crippen LogP) is -0.304. The van der Waals surface area contributed by atoms with Crippen LogP contribution in [0.15, 0.2) is 0 Å². The van der Waals surface area contributed by atoms with E-state index in [-0.39, 0.29) is 0 Å². The van der Waals surface area contributed by atoms with Gasteiger partial charge in [-0.2, -0.15) is 4.21 Å². The van der Waals surface area contributed by atoms with Crippen molar-refractivity contribution in [2.45, 2.75) is 0 Å². The van der Waals surface area contributed by atoms with Crippen LogP contribution >= 0.6 is 0 Å². The van der Waals surface area contributed by atoms with Crippen molar-refractivity contribution in [1.82, 2.24) is 0 Å². The predicted molar refractivity (Wildman–Crippen MR) is 26.0 cm³/mol. The second-order valence-corrected chi connectivity index (χ2v) is 2.65. The second kappa shape index (κ2) is 4.37. The molecule has 0 aliphatic heterocycles. The molecule has 0 radical (unpaired) electrons. The summed E-state index contributed by atoms with van der Waals surface area (Å²) in [5.74, 6) is 0. The van der Waals surface area contributed by atoms with Crippen LogP contribution in [-0.4, -0.2) is 23.8 Å². The molecule has 0 spiro atoms. The van der Waals surface area contributed by atoms with E-state index in [0.29, 0.717) is 0 Å². The van der Waals surface area contributed by atoms with E-state index in [9.17, 15) is 0 Å². The molecule has 0 amide bonds. The molecule has 0 aliphatic rings. The molecular weight excluding hydrogens is 144 g/mol. The first-order chi connectivity index (χ1) is 3.00. The van der Waals surface area contributed by atoms with E-state index in [0.717, 1.165) is 0 Å². The SMILES string of the molecule is O=S(O)(O)=S.OO. The number of hydrogen-bond donors (Lipinski definition) is 4.